The molecule has 0 aliphatic heterocycles. The summed E-state index contributed by atoms with van der Waals surface area (Å²) in [5, 5.41) is 16.2. The maximum atomic E-state index is 13.6. The van der Waals surface area contributed by atoms with E-state index in [1.54, 1.807) is 19.3 Å². The van der Waals surface area contributed by atoms with Crippen LogP contribution in [0.15, 0.2) is 24.5 Å². The first-order chi connectivity index (χ1) is 14.6. The number of aliphatic hydroxyl groups excluding tert-OH is 1. The lowest BCUT2D eigenvalue weighted by Crippen LogP contribution is -2.29. The molecule has 0 spiro atoms. The second-order valence-electron chi connectivity index (χ2n) is 7.84. The number of alkyl halides is 2. The number of pyridine rings is 1. The van der Waals surface area contributed by atoms with E-state index in [0.29, 0.717) is 31.0 Å². The molecular weight excluding hydrogens is 388 g/mol. The lowest BCUT2D eigenvalue weighted by Gasteiger charge is -2.27. The van der Waals surface area contributed by atoms with Gasteiger partial charge in [0.15, 0.2) is 0 Å². The van der Waals surface area contributed by atoms with Gasteiger partial charge in [0.25, 0.3) is 0 Å². The van der Waals surface area contributed by atoms with Gasteiger partial charge in [-0.15, -0.1) is 0 Å². The van der Waals surface area contributed by atoms with Gasteiger partial charge in [0.1, 0.15) is 12.0 Å². The van der Waals surface area contributed by atoms with Crippen molar-refractivity contribution in [3.05, 3.63) is 30.1 Å². The van der Waals surface area contributed by atoms with Crippen LogP contribution in [0.4, 0.5) is 20.5 Å². The zero-order valence-electron chi connectivity index (χ0n) is 17.5. The SMILES string of the molecule is CC[C@H](F)CNc1ncc(-c2ccc(CCCF)cn2)c(N[C@H]2CC[C@H](O)CC2)n1. The standard InChI is InChI=1S/C22H31F2N5O/c1-2-16(24)13-26-22-27-14-19(20-10-5-15(12-25-20)4-3-11-23)21(29-22)28-17-6-8-18(30)9-7-17/h5,10,12,14,16-18,30H,2-4,6-9,11,13H2,1H3,(H2,26,27,28,29)/t16-,17-,18-/m0/s1. The zero-order chi connectivity index (χ0) is 21.3. The van der Waals surface area contributed by atoms with Gasteiger partial charge in [-0.25, -0.2) is 9.37 Å². The molecule has 1 saturated carbocycles. The van der Waals surface area contributed by atoms with E-state index in [0.717, 1.165) is 42.5 Å². The second-order valence-corrected chi connectivity index (χ2v) is 7.84. The van der Waals surface area contributed by atoms with Crippen LogP contribution >= 0.6 is 0 Å². The summed E-state index contributed by atoms with van der Waals surface area (Å²) in [5.41, 5.74) is 2.47. The van der Waals surface area contributed by atoms with E-state index < -0.39 is 6.17 Å². The van der Waals surface area contributed by atoms with Gasteiger partial charge in [-0.2, -0.15) is 4.98 Å². The van der Waals surface area contributed by atoms with Crippen LogP contribution in [0.3, 0.4) is 0 Å². The van der Waals surface area contributed by atoms with Crippen molar-refractivity contribution in [3.8, 4) is 11.3 Å². The molecule has 3 rings (SSSR count). The van der Waals surface area contributed by atoms with Gasteiger partial charge < -0.3 is 15.7 Å². The van der Waals surface area contributed by atoms with E-state index in [9.17, 15) is 13.9 Å². The van der Waals surface area contributed by atoms with Crippen molar-refractivity contribution in [2.75, 3.05) is 23.9 Å². The number of aliphatic hydroxyl groups is 1. The molecule has 2 aromatic heterocycles. The summed E-state index contributed by atoms with van der Waals surface area (Å²) < 4.78 is 26.0. The number of aromatic nitrogens is 3. The average molecular weight is 420 g/mol. The smallest absolute Gasteiger partial charge is 0.224 e. The number of nitrogens with zero attached hydrogens (tertiary/aromatic N) is 3. The summed E-state index contributed by atoms with van der Waals surface area (Å²) in [4.78, 5) is 13.5. The molecule has 30 heavy (non-hydrogen) atoms. The van der Waals surface area contributed by atoms with Gasteiger partial charge in [-0.3, -0.25) is 9.37 Å². The van der Waals surface area contributed by atoms with E-state index in [-0.39, 0.29) is 25.4 Å². The second kappa shape index (κ2) is 11.2. The Bertz CT molecular complexity index is 782. The predicted octanol–water partition coefficient (Wildman–Crippen LogP) is 4.32. The molecule has 0 radical (unpaired) electrons. The van der Waals surface area contributed by atoms with Crippen molar-refractivity contribution >= 4 is 11.8 Å². The highest BCUT2D eigenvalue weighted by Crippen LogP contribution is 2.29. The van der Waals surface area contributed by atoms with Crippen LogP contribution in [0.25, 0.3) is 11.3 Å². The van der Waals surface area contributed by atoms with Crippen molar-refractivity contribution in [3.63, 3.8) is 0 Å². The molecule has 0 unspecified atom stereocenters. The quantitative estimate of drug-likeness (QED) is 0.532. The third-order valence-electron chi connectivity index (χ3n) is 5.45. The Balaban J connectivity index is 1.81. The number of hydrogen-bond acceptors (Lipinski definition) is 6. The van der Waals surface area contributed by atoms with Gasteiger partial charge >= 0.3 is 0 Å². The van der Waals surface area contributed by atoms with Gasteiger partial charge in [-0.05, 0) is 56.6 Å². The van der Waals surface area contributed by atoms with Crippen LogP contribution in [0.5, 0.6) is 0 Å². The summed E-state index contributed by atoms with van der Waals surface area (Å²) in [6.07, 6.45) is 7.04. The Morgan fingerprint density at radius 3 is 2.63 bits per heavy atom. The van der Waals surface area contributed by atoms with Crippen molar-refractivity contribution < 1.29 is 13.9 Å². The maximum Gasteiger partial charge on any atom is 0.224 e. The Labute approximate surface area is 176 Å². The van der Waals surface area contributed by atoms with Crippen molar-refractivity contribution in [2.24, 2.45) is 0 Å². The van der Waals surface area contributed by atoms with Crippen LogP contribution in [-0.4, -0.2) is 51.6 Å². The van der Waals surface area contributed by atoms with E-state index in [2.05, 4.69) is 25.6 Å². The minimum Gasteiger partial charge on any atom is -0.393 e. The van der Waals surface area contributed by atoms with E-state index >= 15 is 0 Å². The van der Waals surface area contributed by atoms with Crippen molar-refractivity contribution in [2.45, 2.75) is 70.2 Å². The molecule has 0 amide bonds. The van der Waals surface area contributed by atoms with Gasteiger partial charge in [0, 0.05) is 25.0 Å². The van der Waals surface area contributed by atoms with Crippen LogP contribution in [-0.2, 0) is 6.42 Å². The van der Waals surface area contributed by atoms with Gasteiger partial charge in [-0.1, -0.05) is 13.0 Å². The molecule has 2 heterocycles. The fourth-order valence-electron chi connectivity index (χ4n) is 3.53. The summed E-state index contributed by atoms with van der Waals surface area (Å²) in [5.74, 6) is 1.01. The van der Waals surface area contributed by atoms with Crippen molar-refractivity contribution in [1.29, 1.82) is 0 Å². The summed E-state index contributed by atoms with van der Waals surface area (Å²) in [6, 6.07) is 4.03. The van der Waals surface area contributed by atoms with E-state index in [1.807, 2.05) is 12.1 Å². The predicted molar refractivity (Wildman–Crippen MR) is 115 cm³/mol. The van der Waals surface area contributed by atoms with Crippen LogP contribution in [0.1, 0.15) is 51.0 Å². The number of anilines is 2. The van der Waals surface area contributed by atoms with Crippen LogP contribution < -0.4 is 10.6 Å². The van der Waals surface area contributed by atoms with E-state index in [4.69, 9.17) is 0 Å². The third-order valence-corrected chi connectivity index (χ3v) is 5.45. The summed E-state index contributed by atoms with van der Waals surface area (Å²) in [7, 11) is 0. The normalized spacial score (nSPS) is 20.0. The molecule has 3 N–H and O–H groups in total. The fourth-order valence-corrected chi connectivity index (χ4v) is 3.53. The molecule has 6 nitrogen and oxygen atoms in total. The molecular formula is C22H31F2N5O. The number of aryl methyl sites for hydroxylation is 1. The molecule has 0 bridgehead atoms. The fraction of sp³-hybridized carbons (Fsp3) is 0.591. The Kier molecular flexibility index (Phi) is 8.30. The van der Waals surface area contributed by atoms with Crippen molar-refractivity contribution in [1.82, 2.24) is 15.0 Å². The summed E-state index contributed by atoms with van der Waals surface area (Å²) >= 11 is 0. The minimum absolute atomic E-state index is 0.159. The van der Waals surface area contributed by atoms with Crippen LogP contribution in [0, 0.1) is 0 Å². The third kappa shape index (κ3) is 6.32. The summed E-state index contributed by atoms with van der Waals surface area (Å²) in [6.45, 7) is 1.61. The maximum absolute atomic E-state index is 13.6. The Morgan fingerprint density at radius 1 is 1.17 bits per heavy atom. The van der Waals surface area contributed by atoms with Crippen LogP contribution in [0.2, 0.25) is 0 Å². The lowest BCUT2D eigenvalue weighted by molar-refractivity contribution is 0.126. The zero-order valence-corrected chi connectivity index (χ0v) is 17.5. The molecule has 8 heteroatoms. The topological polar surface area (TPSA) is 83.0 Å². The molecule has 2 aromatic rings. The number of nitrogens with one attached hydrogen (secondary N) is 2. The molecule has 0 saturated heterocycles. The van der Waals surface area contributed by atoms with Gasteiger partial charge in [0.2, 0.25) is 5.95 Å². The largest absolute Gasteiger partial charge is 0.393 e. The molecule has 0 aromatic carbocycles. The number of hydrogen-bond donors (Lipinski definition) is 3. The number of halogens is 2. The first kappa shape index (κ1) is 22.3. The Hall–Kier alpha value is -2.35. The lowest BCUT2D eigenvalue weighted by atomic mass is 9.93. The minimum atomic E-state index is -0.956. The molecule has 1 fully saturated rings. The van der Waals surface area contributed by atoms with E-state index in [1.165, 1.54) is 0 Å². The Morgan fingerprint density at radius 2 is 1.97 bits per heavy atom. The first-order valence-corrected chi connectivity index (χ1v) is 10.8. The highest BCUT2D eigenvalue weighted by atomic mass is 19.1. The molecule has 1 aliphatic rings. The highest BCUT2D eigenvalue weighted by molar-refractivity contribution is 5.73. The average Bonchev–Trinajstić information content (AvgIpc) is 2.78. The highest BCUT2D eigenvalue weighted by Gasteiger charge is 2.21. The first-order valence-electron chi connectivity index (χ1n) is 10.8. The van der Waals surface area contributed by atoms with Gasteiger partial charge in [0.05, 0.1) is 24.0 Å². The molecule has 164 valence electrons. The monoisotopic (exact) mass is 419 g/mol. The molecule has 1 atom stereocenters. The number of rotatable bonds is 10. The molecule has 1 aliphatic carbocycles.